The minimum absolute atomic E-state index is 0.190. The van der Waals surface area contributed by atoms with Crippen LogP contribution in [0.4, 0.5) is 20.3 Å². The summed E-state index contributed by atoms with van der Waals surface area (Å²) in [5.41, 5.74) is 1.30. The van der Waals surface area contributed by atoms with Gasteiger partial charge >= 0.3 is 0 Å². The first-order valence-corrected chi connectivity index (χ1v) is 10.1. The van der Waals surface area contributed by atoms with Crippen LogP contribution in [0.5, 0.6) is 0 Å². The predicted molar refractivity (Wildman–Crippen MR) is 109 cm³/mol. The van der Waals surface area contributed by atoms with Crippen LogP contribution in [0.25, 0.3) is 0 Å². The van der Waals surface area contributed by atoms with Crippen LogP contribution in [0.15, 0.2) is 66.0 Å². The smallest absolute Gasteiger partial charge is 0.146 e. The fourth-order valence-electron chi connectivity index (χ4n) is 3.23. The first kappa shape index (κ1) is 18.7. The lowest BCUT2D eigenvalue weighted by Gasteiger charge is -2.36. The predicted octanol–water partition coefficient (Wildman–Crippen LogP) is 4.37. The number of benzene rings is 2. The van der Waals surface area contributed by atoms with E-state index in [-0.39, 0.29) is 11.6 Å². The van der Waals surface area contributed by atoms with Crippen molar-refractivity contribution in [3.8, 4) is 0 Å². The Morgan fingerprint density at radius 2 is 1.50 bits per heavy atom. The van der Waals surface area contributed by atoms with Crippen molar-refractivity contribution in [2.75, 3.05) is 36.0 Å². The number of halogens is 2. The van der Waals surface area contributed by atoms with Gasteiger partial charge in [0.25, 0.3) is 0 Å². The number of nitrogens with zero attached hydrogens (tertiary/aromatic N) is 4. The van der Waals surface area contributed by atoms with E-state index in [1.165, 1.54) is 23.9 Å². The molecule has 144 valence electrons. The largest absolute Gasteiger partial charge is 0.366 e. The van der Waals surface area contributed by atoms with E-state index in [0.29, 0.717) is 17.0 Å². The Kier molecular flexibility index (Phi) is 5.71. The van der Waals surface area contributed by atoms with E-state index >= 15 is 0 Å². The maximum absolute atomic E-state index is 14.0. The summed E-state index contributed by atoms with van der Waals surface area (Å²) in [4.78, 5) is 12.9. The minimum atomic E-state index is -0.200. The molecule has 0 atom stereocenters. The van der Waals surface area contributed by atoms with E-state index in [9.17, 15) is 8.78 Å². The highest BCUT2D eigenvalue weighted by atomic mass is 32.2. The van der Waals surface area contributed by atoms with Gasteiger partial charge in [-0.3, -0.25) is 0 Å². The zero-order chi connectivity index (χ0) is 19.3. The molecule has 1 aliphatic rings. The highest BCUT2D eigenvalue weighted by Crippen LogP contribution is 2.26. The molecule has 1 aromatic heterocycles. The summed E-state index contributed by atoms with van der Waals surface area (Å²) in [7, 11) is 0. The van der Waals surface area contributed by atoms with E-state index in [0.717, 1.165) is 37.0 Å². The summed E-state index contributed by atoms with van der Waals surface area (Å²) < 4.78 is 27.8. The molecule has 1 fully saturated rings. The van der Waals surface area contributed by atoms with Crippen LogP contribution in [-0.2, 0) is 5.75 Å². The number of hydrogen-bond donors (Lipinski definition) is 0. The van der Waals surface area contributed by atoms with Crippen molar-refractivity contribution in [1.29, 1.82) is 0 Å². The van der Waals surface area contributed by atoms with Crippen LogP contribution in [0.1, 0.15) is 5.56 Å². The highest BCUT2D eigenvalue weighted by molar-refractivity contribution is 7.98. The molecule has 4 nitrogen and oxygen atoms in total. The molecule has 28 heavy (non-hydrogen) atoms. The fourth-order valence-corrected chi connectivity index (χ4v) is 4.08. The summed E-state index contributed by atoms with van der Waals surface area (Å²) in [5.74, 6) is 0.974. The fraction of sp³-hybridized carbons (Fsp3) is 0.238. The molecule has 0 aliphatic carbocycles. The SMILES string of the molecule is Fc1ccccc1CSc1cc(N2CCN(c3ccccc3F)CC2)ncn1. The average Bonchev–Trinajstić information content (AvgIpc) is 2.74. The van der Waals surface area contributed by atoms with Gasteiger partial charge in [-0.15, -0.1) is 11.8 Å². The van der Waals surface area contributed by atoms with Crippen molar-refractivity contribution in [2.45, 2.75) is 10.8 Å². The van der Waals surface area contributed by atoms with Crippen molar-refractivity contribution < 1.29 is 8.78 Å². The number of thioether (sulfide) groups is 1. The van der Waals surface area contributed by atoms with Crippen molar-refractivity contribution in [2.24, 2.45) is 0 Å². The Hall–Kier alpha value is -2.67. The Morgan fingerprint density at radius 1 is 0.821 bits per heavy atom. The van der Waals surface area contributed by atoms with E-state index in [2.05, 4.69) is 19.8 Å². The number of anilines is 2. The zero-order valence-electron chi connectivity index (χ0n) is 15.3. The summed E-state index contributed by atoms with van der Waals surface area (Å²) in [5, 5.41) is 0.810. The Morgan fingerprint density at radius 3 is 2.25 bits per heavy atom. The van der Waals surface area contributed by atoms with Gasteiger partial charge in [0.15, 0.2) is 0 Å². The molecule has 2 aromatic carbocycles. The van der Waals surface area contributed by atoms with Crippen molar-refractivity contribution in [1.82, 2.24) is 9.97 Å². The molecule has 7 heteroatoms. The summed E-state index contributed by atoms with van der Waals surface area (Å²) >= 11 is 1.49. The van der Waals surface area contributed by atoms with Crippen molar-refractivity contribution >= 4 is 23.3 Å². The number of hydrogen-bond acceptors (Lipinski definition) is 5. The van der Waals surface area contributed by atoms with E-state index < -0.39 is 0 Å². The number of rotatable bonds is 5. The Bertz CT molecular complexity index is 945. The molecular weight excluding hydrogens is 378 g/mol. The molecule has 0 saturated carbocycles. The monoisotopic (exact) mass is 398 g/mol. The van der Waals surface area contributed by atoms with Crippen LogP contribution >= 0.6 is 11.8 Å². The maximum atomic E-state index is 14.0. The number of para-hydroxylation sites is 1. The van der Waals surface area contributed by atoms with E-state index in [1.54, 1.807) is 24.5 Å². The molecule has 4 rings (SSSR count). The second kappa shape index (κ2) is 8.56. The molecular formula is C21H20F2N4S. The van der Waals surface area contributed by atoms with Gasteiger partial charge in [-0.2, -0.15) is 0 Å². The topological polar surface area (TPSA) is 32.3 Å². The third kappa shape index (κ3) is 4.25. The van der Waals surface area contributed by atoms with Crippen molar-refractivity contribution in [3.05, 3.63) is 78.1 Å². The molecule has 0 amide bonds. The molecule has 1 aliphatic heterocycles. The third-order valence-electron chi connectivity index (χ3n) is 4.76. The number of piperazine rings is 1. The second-order valence-electron chi connectivity index (χ2n) is 6.52. The van der Waals surface area contributed by atoms with Gasteiger partial charge in [0.2, 0.25) is 0 Å². The second-order valence-corrected chi connectivity index (χ2v) is 7.52. The van der Waals surface area contributed by atoms with Crippen LogP contribution < -0.4 is 9.80 Å². The third-order valence-corrected chi connectivity index (χ3v) is 5.73. The summed E-state index contributed by atoms with van der Waals surface area (Å²) in [6, 6.07) is 15.6. The van der Waals surface area contributed by atoms with Gasteiger partial charge in [-0.05, 0) is 23.8 Å². The Labute approximate surface area is 167 Å². The van der Waals surface area contributed by atoms with Gasteiger partial charge in [-0.25, -0.2) is 18.7 Å². The van der Waals surface area contributed by atoms with E-state index in [1.807, 2.05) is 24.3 Å². The van der Waals surface area contributed by atoms with Gasteiger partial charge in [0.1, 0.15) is 28.8 Å². The molecule has 0 bridgehead atoms. The molecule has 0 unspecified atom stereocenters. The van der Waals surface area contributed by atoms with Crippen LogP contribution in [0.2, 0.25) is 0 Å². The van der Waals surface area contributed by atoms with Gasteiger partial charge in [-0.1, -0.05) is 30.3 Å². The molecule has 2 heterocycles. The number of aromatic nitrogens is 2. The maximum Gasteiger partial charge on any atom is 0.146 e. The lowest BCUT2D eigenvalue weighted by Crippen LogP contribution is -2.47. The summed E-state index contributed by atoms with van der Waals surface area (Å²) in [6.45, 7) is 2.96. The molecule has 0 N–H and O–H groups in total. The van der Waals surface area contributed by atoms with Gasteiger partial charge < -0.3 is 9.80 Å². The Balaban J connectivity index is 1.39. The first-order chi connectivity index (χ1) is 13.7. The highest BCUT2D eigenvalue weighted by Gasteiger charge is 2.20. The van der Waals surface area contributed by atoms with Gasteiger partial charge in [0.05, 0.1) is 5.69 Å². The minimum Gasteiger partial charge on any atom is -0.366 e. The molecule has 0 radical (unpaired) electrons. The molecule has 3 aromatic rings. The lowest BCUT2D eigenvalue weighted by atomic mass is 10.2. The molecule has 1 saturated heterocycles. The standard InChI is InChI=1S/C21H20F2N4S/c22-17-6-2-1-5-16(17)14-28-21-13-20(24-15-25-21)27-11-9-26(10-12-27)19-8-4-3-7-18(19)23/h1-8,13,15H,9-12,14H2. The quantitative estimate of drug-likeness (QED) is 0.471. The zero-order valence-corrected chi connectivity index (χ0v) is 16.1. The van der Waals surface area contributed by atoms with Crippen LogP contribution in [0.3, 0.4) is 0 Å². The van der Waals surface area contributed by atoms with Crippen LogP contribution in [-0.4, -0.2) is 36.1 Å². The summed E-state index contributed by atoms with van der Waals surface area (Å²) in [6.07, 6.45) is 1.54. The van der Waals surface area contributed by atoms with Crippen molar-refractivity contribution in [3.63, 3.8) is 0 Å². The molecule has 0 spiro atoms. The lowest BCUT2D eigenvalue weighted by molar-refractivity contribution is 0.595. The normalized spacial score (nSPS) is 14.4. The van der Waals surface area contributed by atoms with Crippen LogP contribution in [0, 0.1) is 11.6 Å². The average molecular weight is 398 g/mol. The van der Waals surface area contributed by atoms with Gasteiger partial charge in [0, 0.05) is 38.0 Å². The van der Waals surface area contributed by atoms with E-state index in [4.69, 9.17) is 0 Å². The first-order valence-electron chi connectivity index (χ1n) is 9.13.